The molecule has 1 aliphatic rings. The van der Waals surface area contributed by atoms with Gasteiger partial charge in [0.15, 0.2) is 5.69 Å². The number of aryl methyl sites for hydroxylation is 2. The number of hydrogen-bond donors (Lipinski definition) is 2. The lowest BCUT2D eigenvalue weighted by molar-refractivity contribution is -0.121. The van der Waals surface area contributed by atoms with Gasteiger partial charge in [0.05, 0.1) is 17.4 Å². The Morgan fingerprint density at radius 3 is 2.72 bits per heavy atom. The van der Waals surface area contributed by atoms with Crippen LogP contribution in [0.2, 0.25) is 0 Å². The van der Waals surface area contributed by atoms with Crippen LogP contribution in [0.5, 0.6) is 0 Å². The fourth-order valence-electron chi connectivity index (χ4n) is 3.11. The smallest absolute Gasteiger partial charge is 0.336 e. The summed E-state index contributed by atoms with van der Waals surface area (Å²) in [5, 5.41) is 21.6. The number of carbonyl (C=O) groups excluding carboxylic acids is 2. The molecular weight excluding hydrogens is 396 g/mol. The van der Waals surface area contributed by atoms with Crippen LogP contribution < -0.4 is 10.6 Å². The van der Waals surface area contributed by atoms with Crippen LogP contribution in [0.1, 0.15) is 38.3 Å². The van der Waals surface area contributed by atoms with E-state index in [4.69, 9.17) is 5.26 Å². The van der Waals surface area contributed by atoms with Gasteiger partial charge in [-0.15, -0.1) is 5.10 Å². The summed E-state index contributed by atoms with van der Waals surface area (Å²) in [5.41, 5.74) is 1.88. The molecular formula is C18H22N6O4S. The first-order valence-corrected chi connectivity index (χ1v) is 10.1. The standard InChI is InChI=1S/C18H18N6O4S.2H2/c1-10-5-4-6-14-17(10)29(27,28)24(18(26)21-14)9-15(25)20-12(3)16-11(2)7-13(8-19)22-23-16;;/h4-7,12H,9H2,1-3H3,(H,20,25)(H,21,26);2*1H/t12-;;/m1../s1. The number of fused-ring (bicyclic) bond motifs is 1. The summed E-state index contributed by atoms with van der Waals surface area (Å²) < 4.78 is 26.3. The predicted molar refractivity (Wildman–Crippen MR) is 106 cm³/mol. The van der Waals surface area contributed by atoms with Gasteiger partial charge in [0.1, 0.15) is 17.5 Å². The average molecular weight is 418 g/mol. The zero-order chi connectivity index (χ0) is 21.3. The highest BCUT2D eigenvalue weighted by atomic mass is 32.2. The number of aromatic nitrogens is 2. The lowest BCUT2D eigenvalue weighted by Gasteiger charge is -2.29. The van der Waals surface area contributed by atoms with E-state index in [1.54, 1.807) is 32.9 Å². The highest BCUT2D eigenvalue weighted by Crippen LogP contribution is 2.32. The van der Waals surface area contributed by atoms with Gasteiger partial charge in [-0.2, -0.15) is 10.4 Å². The molecule has 0 aliphatic carbocycles. The largest absolute Gasteiger partial charge is 0.346 e. The molecule has 0 saturated heterocycles. The number of benzene rings is 1. The van der Waals surface area contributed by atoms with Gasteiger partial charge in [-0.3, -0.25) is 4.79 Å². The van der Waals surface area contributed by atoms with Crippen LogP contribution in [-0.2, 0) is 14.8 Å². The van der Waals surface area contributed by atoms with Crippen molar-refractivity contribution in [1.29, 1.82) is 5.26 Å². The van der Waals surface area contributed by atoms with Crippen molar-refractivity contribution >= 4 is 27.6 Å². The van der Waals surface area contributed by atoms with Crippen molar-refractivity contribution in [2.45, 2.75) is 31.7 Å². The minimum absolute atomic E-state index is 0. The molecule has 0 fully saturated rings. The molecule has 3 amide bonds. The highest BCUT2D eigenvalue weighted by molar-refractivity contribution is 7.90. The molecule has 0 unspecified atom stereocenters. The molecule has 0 saturated carbocycles. The van der Waals surface area contributed by atoms with Crippen LogP contribution in [0.15, 0.2) is 29.2 Å². The minimum atomic E-state index is -4.18. The lowest BCUT2D eigenvalue weighted by Crippen LogP contribution is -2.49. The second-order valence-electron chi connectivity index (χ2n) is 6.59. The second-order valence-corrected chi connectivity index (χ2v) is 8.39. The van der Waals surface area contributed by atoms with E-state index in [9.17, 15) is 18.0 Å². The molecule has 154 valence electrons. The molecule has 10 nitrogen and oxygen atoms in total. The number of urea groups is 1. The summed E-state index contributed by atoms with van der Waals surface area (Å²) in [6.45, 7) is 4.29. The number of sulfonamides is 1. The fraction of sp³-hybridized carbons (Fsp3) is 0.278. The maximum absolute atomic E-state index is 12.9. The minimum Gasteiger partial charge on any atom is -0.346 e. The van der Waals surface area contributed by atoms with Crippen LogP contribution in [0.25, 0.3) is 0 Å². The highest BCUT2D eigenvalue weighted by Gasteiger charge is 2.39. The summed E-state index contributed by atoms with van der Waals surface area (Å²) in [6, 6.07) is 6.64. The molecule has 29 heavy (non-hydrogen) atoms. The number of nitrogens with one attached hydrogen (secondary N) is 2. The van der Waals surface area contributed by atoms with E-state index in [2.05, 4.69) is 20.8 Å². The summed E-state index contributed by atoms with van der Waals surface area (Å²) in [4.78, 5) is 24.7. The summed E-state index contributed by atoms with van der Waals surface area (Å²) in [7, 11) is -4.18. The summed E-state index contributed by atoms with van der Waals surface area (Å²) in [5.74, 6) is -0.682. The Morgan fingerprint density at radius 2 is 2.07 bits per heavy atom. The Kier molecular flexibility index (Phi) is 5.21. The molecule has 2 heterocycles. The van der Waals surface area contributed by atoms with E-state index in [1.165, 1.54) is 12.1 Å². The Hall–Kier alpha value is -3.52. The van der Waals surface area contributed by atoms with Crippen LogP contribution in [-0.4, -0.2) is 41.4 Å². The monoisotopic (exact) mass is 418 g/mol. The molecule has 1 atom stereocenters. The number of rotatable bonds is 4. The van der Waals surface area contributed by atoms with Crippen molar-refractivity contribution in [2.24, 2.45) is 0 Å². The third-order valence-electron chi connectivity index (χ3n) is 4.44. The van der Waals surface area contributed by atoms with Crippen molar-refractivity contribution in [1.82, 2.24) is 19.8 Å². The first-order valence-electron chi connectivity index (χ1n) is 8.62. The zero-order valence-electron chi connectivity index (χ0n) is 15.9. The van der Waals surface area contributed by atoms with Gasteiger partial charge < -0.3 is 10.6 Å². The van der Waals surface area contributed by atoms with E-state index in [0.717, 1.165) is 0 Å². The number of carbonyl (C=O) groups is 2. The van der Waals surface area contributed by atoms with Gasteiger partial charge in [0, 0.05) is 2.85 Å². The Bertz CT molecular complexity index is 1170. The number of hydrogen-bond acceptors (Lipinski definition) is 7. The van der Waals surface area contributed by atoms with E-state index in [-0.39, 0.29) is 19.1 Å². The molecule has 2 aromatic rings. The lowest BCUT2D eigenvalue weighted by atomic mass is 10.1. The molecule has 0 bridgehead atoms. The average Bonchev–Trinajstić information content (AvgIpc) is 2.64. The maximum atomic E-state index is 12.9. The van der Waals surface area contributed by atoms with Crippen molar-refractivity contribution in [3.05, 3.63) is 46.8 Å². The SMILES string of the molecule is Cc1cc(C#N)nnc1[C@@H](C)NC(=O)CN1C(=O)Nc2cccc(C)c2S1(=O)=O.[HH].[HH]. The van der Waals surface area contributed by atoms with Crippen LogP contribution in [0.4, 0.5) is 10.5 Å². The van der Waals surface area contributed by atoms with Crippen LogP contribution in [0, 0.1) is 25.2 Å². The summed E-state index contributed by atoms with van der Waals surface area (Å²) >= 11 is 0. The molecule has 3 rings (SSSR count). The van der Waals surface area contributed by atoms with Gasteiger partial charge in [-0.25, -0.2) is 17.5 Å². The molecule has 1 aliphatic heterocycles. The first kappa shape index (κ1) is 20.2. The maximum Gasteiger partial charge on any atom is 0.336 e. The number of anilines is 1. The van der Waals surface area contributed by atoms with E-state index >= 15 is 0 Å². The Morgan fingerprint density at radius 1 is 1.34 bits per heavy atom. The van der Waals surface area contributed by atoms with Gasteiger partial charge in [-0.1, -0.05) is 12.1 Å². The van der Waals surface area contributed by atoms with Crippen molar-refractivity contribution in [2.75, 3.05) is 11.9 Å². The Balaban J connectivity index is 0.00000240. The topological polar surface area (TPSA) is 145 Å². The number of amides is 3. The molecule has 1 aromatic heterocycles. The zero-order valence-corrected chi connectivity index (χ0v) is 16.7. The Labute approximate surface area is 170 Å². The van der Waals surface area contributed by atoms with Gasteiger partial charge in [0.2, 0.25) is 5.91 Å². The van der Waals surface area contributed by atoms with Gasteiger partial charge >= 0.3 is 6.03 Å². The number of nitrogens with zero attached hydrogens (tertiary/aromatic N) is 4. The first-order chi connectivity index (χ1) is 13.6. The second kappa shape index (κ2) is 7.48. The summed E-state index contributed by atoms with van der Waals surface area (Å²) in [6.07, 6.45) is 0. The molecule has 11 heteroatoms. The van der Waals surface area contributed by atoms with Gasteiger partial charge in [-0.05, 0) is 44.0 Å². The van der Waals surface area contributed by atoms with Crippen molar-refractivity contribution in [3.63, 3.8) is 0 Å². The predicted octanol–water partition coefficient (Wildman–Crippen LogP) is 1.87. The van der Waals surface area contributed by atoms with E-state index in [0.29, 0.717) is 21.1 Å². The van der Waals surface area contributed by atoms with Crippen molar-refractivity contribution < 1.29 is 20.9 Å². The molecule has 1 aromatic carbocycles. The van der Waals surface area contributed by atoms with Gasteiger partial charge in [0.25, 0.3) is 10.0 Å². The van der Waals surface area contributed by atoms with Crippen molar-refractivity contribution in [3.8, 4) is 6.07 Å². The molecule has 2 N–H and O–H groups in total. The molecule has 0 spiro atoms. The van der Waals surface area contributed by atoms with Crippen LogP contribution in [0.3, 0.4) is 0 Å². The quantitative estimate of drug-likeness (QED) is 0.771. The van der Waals surface area contributed by atoms with E-state index in [1.807, 2.05) is 6.07 Å². The third-order valence-corrected chi connectivity index (χ3v) is 6.37. The fourth-order valence-corrected chi connectivity index (χ4v) is 4.75. The molecule has 0 radical (unpaired) electrons. The van der Waals surface area contributed by atoms with E-state index < -0.39 is 34.5 Å². The van der Waals surface area contributed by atoms with Crippen LogP contribution >= 0.6 is 0 Å². The third kappa shape index (κ3) is 3.74. The normalized spacial score (nSPS) is 15.7. The number of nitriles is 1.